The van der Waals surface area contributed by atoms with Gasteiger partial charge in [0.1, 0.15) is 6.61 Å². The molecule has 7 nitrogen and oxygen atoms in total. The molecule has 2 amide bonds. The number of nitrogens with one attached hydrogen (secondary N) is 1. The van der Waals surface area contributed by atoms with Crippen molar-refractivity contribution < 1.29 is 19.1 Å². The highest BCUT2D eigenvalue weighted by atomic mass is 32.1. The largest absolute Gasteiger partial charge is 0.461 e. The van der Waals surface area contributed by atoms with E-state index in [-0.39, 0.29) is 17.8 Å². The highest BCUT2D eigenvalue weighted by molar-refractivity contribution is 7.10. The van der Waals surface area contributed by atoms with Gasteiger partial charge in [0, 0.05) is 29.7 Å². The number of likely N-dealkylation sites (N-methyl/N-ethyl adjacent to an activating group) is 2. The predicted octanol–water partition coefficient (Wildman–Crippen LogP) is 4.80. The molecule has 2 unspecified atom stereocenters. The third-order valence-electron chi connectivity index (χ3n) is 6.62. The van der Waals surface area contributed by atoms with E-state index in [1.54, 1.807) is 42.3 Å². The molecule has 2 heterocycles. The molecule has 2 atom stereocenters. The second kappa shape index (κ2) is 11.5. The van der Waals surface area contributed by atoms with Crippen LogP contribution in [0, 0.1) is 0 Å². The van der Waals surface area contributed by atoms with Gasteiger partial charge in [0.25, 0.3) is 5.91 Å². The molecule has 0 fully saturated rings. The smallest absolute Gasteiger partial charge is 0.338 e. The predicted molar refractivity (Wildman–Crippen MR) is 141 cm³/mol. The van der Waals surface area contributed by atoms with Gasteiger partial charge in [-0.2, -0.15) is 0 Å². The van der Waals surface area contributed by atoms with Crippen LogP contribution in [0.2, 0.25) is 0 Å². The van der Waals surface area contributed by atoms with E-state index in [1.807, 2.05) is 35.7 Å². The molecular formula is C28H31N3O4S. The molecule has 0 aliphatic carbocycles. The number of thiophene rings is 1. The van der Waals surface area contributed by atoms with Gasteiger partial charge in [0.2, 0.25) is 5.91 Å². The fourth-order valence-corrected chi connectivity index (χ4v) is 5.48. The number of esters is 1. The van der Waals surface area contributed by atoms with Crippen LogP contribution in [-0.4, -0.2) is 60.9 Å². The van der Waals surface area contributed by atoms with Gasteiger partial charge >= 0.3 is 5.97 Å². The van der Waals surface area contributed by atoms with Crippen LogP contribution in [0.3, 0.4) is 0 Å². The summed E-state index contributed by atoms with van der Waals surface area (Å²) in [5.41, 5.74) is 2.25. The molecule has 1 aliphatic rings. The SMILES string of the molecule is CCN(CC)CCOC(=O)c1ccc(NC(=O)C2c3ccccc3C(=O)N(C)C2c2cccs2)cc1. The van der Waals surface area contributed by atoms with Crippen molar-refractivity contribution in [3.05, 3.63) is 87.6 Å². The molecule has 0 saturated heterocycles. The summed E-state index contributed by atoms with van der Waals surface area (Å²) in [5, 5.41) is 4.94. The van der Waals surface area contributed by atoms with Crippen molar-refractivity contribution in [1.29, 1.82) is 0 Å². The zero-order chi connectivity index (χ0) is 25.7. The molecule has 188 valence electrons. The summed E-state index contributed by atoms with van der Waals surface area (Å²) in [6, 6.07) is 17.4. The Morgan fingerprint density at radius 2 is 1.75 bits per heavy atom. The number of hydrogen-bond acceptors (Lipinski definition) is 6. The minimum atomic E-state index is -0.577. The molecule has 1 aromatic heterocycles. The first kappa shape index (κ1) is 25.6. The fourth-order valence-electron chi connectivity index (χ4n) is 4.57. The lowest BCUT2D eigenvalue weighted by Gasteiger charge is -2.39. The van der Waals surface area contributed by atoms with E-state index in [0.717, 1.165) is 18.0 Å². The Morgan fingerprint density at radius 3 is 2.42 bits per heavy atom. The van der Waals surface area contributed by atoms with E-state index in [4.69, 9.17) is 4.74 Å². The zero-order valence-electron chi connectivity index (χ0n) is 20.8. The number of nitrogens with zero attached hydrogens (tertiary/aromatic N) is 2. The summed E-state index contributed by atoms with van der Waals surface area (Å²) >= 11 is 1.53. The van der Waals surface area contributed by atoms with Crippen LogP contribution in [0.15, 0.2) is 66.0 Å². The van der Waals surface area contributed by atoms with Crippen molar-refractivity contribution in [3.63, 3.8) is 0 Å². The third-order valence-corrected chi connectivity index (χ3v) is 7.56. The topological polar surface area (TPSA) is 79.0 Å². The average molecular weight is 506 g/mol. The van der Waals surface area contributed by atoms with Gasteiger partial charge in [-0.3, -0.25) is 9.59 Å². The molecule has 1 aliphatic heterocycles. The molecule has 3 aromatic rings. The maximum atomic E-state index is 13.6. The van der Waals surface area contributed by atoms with Crippen LogP contribution in [-0.2, 0) is 9.53 Å². The minimum absolute atomic E-state index is 0.100. The van der Waals surface area contributed by atoms with Gasteiger partial charge in [-0.15, -0.1) is 11.3 Å². The monoisotopic (exact) mass is 505 g/mol. The molecule has 2 aromatic carbocycles. The number of carbonyl (C=O) groups is 3. The van der Waals surface area contributed by atoms with Crippen molar-refractivity contribution in [2.75, 3.05) is 38.6 Å². The second-order valence-corrected chi connectivity index (χ2v) is 9.65. The minimum Gasteiger partial charge on any atom is -0.461 e. The van der Waals surface area contributed by atoms with Crippen LogP contribution in [0.1, 0.15) is 57.0 Å². The van der Waals surface area contributed by atoms with Crippen LogP contribution in [0.4, 0.5) is 5.69 Å². The molecule has 8 heteroatoms. The van der Waals surface area contributed by atoms with Gasteiger partial charge < -0.3 is 19.9 Å². The van der Waals surface area contributed by atoms with Gasteiger partial charge in [-0.1, -0.05) is 38.1 Å². The van der Waals surface area contributed by atoms with E-state index in [0.29, 0.717) is 35.5 Å². The number of ether oxygens (including phenoxy) is 1. The molecule has 1 N–H and O–H groups in total. The van der Waals surface area contributed by atoms with Crippen molar-refractivity contribution >= 4 is 34.8 Å². The quantitative estimate of drug-likeness (QED) is 0.423. The van der Waals surface area contributed by atoms with Crippen LogP contribution in [0.25, 0.3) is 0 Å². The number of hydrogen-bond donors (Lipinski definition) is 1. The normalized spacial score (nSPS) is 17.1. The summed E-state index contributed by atoms with van der Waals surface area (Å²) < 4.78 is 5.39. The first-order chi connectivity index (χ1) is 17.4. The average Bonchev–Trinajstić information content (AvgIpc) is 3.43. The molecule has 0 radical (unpaired) electrons. The van der Waals surface area contributed by atoms with E-state index in [9.17, 15) is 14.4 Å². The Kier molecular flexibility index (Phi) is 8.18. The summed E-state index contributed by atoms with van der Waals surface area (Å²) in [6.45, 7) is 6.98. The lowest BCUT2D eigenvalue weighted by Crippen LogP contribution is -2.43. The fraction of sp³-hybridized carbons (Fsp3) is 0.321. The lowest BCUT2D eigenvalue weighted by atomic mass is 9.81. The molecule has 0 saturated carbocycles. The van der Waals surface area contributed by atoms with Crippen LogP contribution >= 0.6 is 11.3 Å². The molecular weight excluding hydrogens is 474 g/mol. The highest BCUT2D eigenvalue weighted by Crippen LogP contribution is 2.43. The first-order valence-corrected chi connectivity index (χ1v) is 13.0. The Hall–Kier alpha value is -3.49. The molecule has 36 heavy (non-hydrogen) atoms. The second-order valence-electron chi connectivity index (χ2n) is 8.67. The van der Waals surface area contributed by atoms with E-state index in [2.05, 4.69) is 24.1 Å². The van der Waals surface area contributed by atoms with Crippen molar-refractivity contribution in [1.82, 2.24) is 9.80 Å². The van der Waals surface area contributed by atoms with Crippen molar-refractivity contribution in [2.45, 2.75) is 25.8 Å². The van der Waals surface area contributed by atoms with Gasteiger partial charge in [-0.05, 0) is 60.4 Å². The summed E-state index contributed by atoms with van der Waals surface area (Å²) in [4.78, 5) is 43.9. The summed E-state index contributed by atoms with van der Waals surface area (Å²) in [7, 11) is 1.74. The van der Waals surface area contributed by atoms with Gasteiger partial charge in [0.05, 0.1) is 17.5 Å². The van der Waals surface area contributed by atoms with Gasteiger partial charge in [-0.25, -0.2) is 4.79 Å². The molecule has 0 spiro atoms. The standard InChI is InChI=1S/C28H31N3O4S/c1-4-31(5-2)16-17-35-28(34)19-12-14-20(15-13-19)29-26(32)24-21-9-6-7-10-22(21)27(33)30(3)25(24)23-11-8-18-36-23/h6-15,18,24-25H,4-5,16-17H2,1-3H3,(H,29,32). The number of anilines is 1. The van der Waals surface area contributed by atoms with Crippen molar-refractivity contribution in [3.8, 4) is 0 Å². The highest BCUT2D eigenvalue weighted by Gasteiger charge is 2.43. The Morgan fingerprint density at radius 1 is 1.03 bits per heavy atom. The molecule has 4 rings (SSSR count). The van der Waals surface area contributed by atoms with E-state index >= 15 is 0 Å². The Balaban J connectivity index is 1.50. The molecule has 0 bridgehead atoms. The number of amides is 2. The van der Waals surface area contributed by atoms with Crippen molar-refractivity contribution in [2.24, 2.45) is 0 Å². The van der Waals surface area contributed by atoms with Crippen LogP contribution < -0.4 is 5.32 Å². The number of carbonyl (C=O) groups excluding carboxylic acids is 3. The zero-order valence-corrected chi connectivity index (χ0v) is 21.6. The first-order valence-electron chi connectivity index (χ1n) is 12.1. The maximum Gasteiger partial charge on any atom is 0.338 e. The number of fused-ring (bicyclic) bond motifs is 1. The maximum absolute atomic E-state index is 13.6. The summed E-state index contributed by atoms with van der Waals surface area (Å²) in [5.74, 6) is -1.28. The summed E-state index contributed by atoms with van der Waals surface area (Å²) in [6.07, 6.45) is 0. The van der Waals surface area contributed by atoms with E-state index in [1.165, 1.54) is 11.3 Å². The van der Waals surface area contributed by atoms with Crippen LogP contribution in [0.5, 0.6) is 0 Å². The van der Waals surface area contributed by atoms with Gasteiger partial charge in [0.15, 0.2) is 0 Å². The number of rotatable bonds is 9. The van der Waals surface area contributed by atoms with E-state index < -0.39 is 12.0 Å². The Labute approximate surface area is 215 Å². The Bertz CT molecular complexity index is 1210. The lowest BCUT2D eigenvalue weighted by molar-refractivity contribution is -0.119. The number of benzene rings is 2. The third kappa shape index (κ3) is 5.34.